The van der Waals surface area contributed by atoms with E-state index in [0.717, 1.165) is 12.0 Å². The molecule has 28 heavy (non-hydrogen) atoms. The van der Waals surface area contributed by atoms with Crippen LogP contribution in [-0.2, 0) is 6.54 Å². The molecule has 4 rings (SSSR count). The van der Waals surface area contributed by atoms with E-state index < -0.39 is 5.67 Å². The first-order chi connectivity index (χ1) is 13.6. The fourth-order valence-electron chi connectivity index (χ4n) is 3.98. The van der Waals surface area contributed by atoms with E-state index in [1.165, 1.54) is 5.56 Å². The molecule has 1 aliphatic heterocycles. The maximum atomic E-state index is 15.2. The molecule has 0 spiro atoms. The van der Waals surface area contributed by atoms with Gasteiger partial charge < -0.3 is 15.5 Å². The van der Waals surface area contributed by atoms with E-state index >= 15 is 4.39 Å². The fraction of sp³-hybridized carbons (Fsp3) is 0.435. The number of carbonyl (C=O) groups is 1. The van der Waals surface area contributed by atoms with Crippen molar-refractivity contribution >= 4 is 6.03 Å². The Balaban J connectivity index is 1.18. The summed E-state index contributed by atoms with van der Waals surface area (Å²) in [6.07, 6.45) is 1.86. The molecule has 148 valence electrons. The van der Waals surface area contributed by atoms with Gasteiger partial charge in [0.2, 0.25) is 0 Å². The van der Waals surface area contributed by atoms with Crippen molar-refractivity contribution in [2.45, 2.75) is 43.4 Å². The molecule has 2 aliphatic rings. The van der Waals surface area contributed by atoms with Crippen molar-refractivity contribution in [3.63, 3.8) is 0 Å². The van der Waals surface area contributed by atoms with Crippen LogP contribution in [0.25, 0.3) is 0 Å². The lowest BCUT2D eigenvalue weighted by atomic mass is 9.93. The third-order valence-electron chi connectivity index (χ3n) is 5.93. The van der Waals surface area contributed by atoms with E-state index in [4.69, 9.17) is 0 Å². The minimum atomic E-state index is -1.22. The molecule has 2 aromatic rings. The number of nitrogens with zero attached hydrogens (tertiary/aromatic N) is 1. The molecule has 2 N–H and O–H groups in total. The highest BCUT2D eigenvalue weighted by Gasteiger charge is 2.41. The van der Waals surface area contributed by atoms with E-state index in [0.29, 0.717) is 51.0 Å². The van der Waals surface area contributed by atoms with Crippen LogP contribution in [0.4, 0.5) is 9.18 Å². The number of likely N-dealkylation sites (tertiary alicyclic amines) is 1. The number of hydrogen-bond acceptors (Lipinski definition) is 2. The number of rotatable bonds is 6. The zero-order valence-corrected chi connectivity index (χ0v) is 16.1. The topological polar surface area (TPSA) is 44.4 Å². The molecule has 1 heterocycles. The second kappa shape index (κ2) is 8.31. The highest BCUT2D eigenvalue weighted by atomic mass is 19.1. The molecule has 1 aliphatic carbocycles. The van der Waals surface area contributed by atoms with Gasteiger partial charge in [-0.3, -0.25) is 0 Å². The van der Waals surface area contributed by atoms with Crippen molar-refractivity contribution in [1.29, 1.82) is 0 Å². The van der Waals surface area contributed by atoms with Crippen LogP contribution in [0.15, 0.2) is 60.7 Å². The number of piperidine rings is 1. The van der Waals surface area contributed by atoms with Crippen molar-refractivity contribution in [3.8, 4) is 0 Å². The maximum Gasteiger partial charge on any atom is 0.317 e. The van der Waals surface area contributed by atoms with E-state index in [1.54, 1.807) is 4.90 Å². The Morgan fingerprint density at radius 1 is 1.04 bits per heavy atom. The van der Waals surface area contributed by atoms with Crippen molar-refractivity contribution in [1.82, 2.24) is 15.5 Å². The summed E-state index contributed by atoms with van der Waals surface area (Å²) in [6, 6.07) is 20.5. The molecule has 2 fully saturated rings. The largest absolute Gasteiger partial charge is 0.334 e. The predicted octanol–water partition coefficient (Wildman–Crippen LogP) is 3.85. The van der Waals surface area contributed by atoms with Crippen LogP contribution < -0.4 is 10.6 Å². The summed E-state index contributed by atoms with van der Waals surface area (Å²) in [5, 5.41) is 6.34. The molecule has 0 bridgehead atoms. The number of halogens is 1. The number of benzene rings is 2. The first-order valence-corrected chi connectivity index (χ1v) is 10.2. The highest BCUT2D eigenvalue weighted by molar-refractivity contribution is 5.74. The average Bonchev–Trinajstić information content (AvgIpc) is 3.53. The van der Waals surface area contributed by atoms with E-state index in [-0.39, 0.29) is 6.03 Å². The zero-order valence-electron chi connectivity index (χ0n) is 16.1. The molecule has 1 saturated heterocycles. The van der Waals surface area contributed by atoms with Gasteiger partial charge in [0.25, 0.3) is 0 Å². The number of carbonyl (C=O) groups excluding carboxylic acids is 1. The third kappa shape index (κ3) is 4.71. The van der Waals surface area contributed by atoms with Gasteiger partial charge in [-0.2, -0.15) is 0 Å². The van der Waals surface area contributed by atoms with E-state index in [1.807, 2.05) is 36.4 Å². The van der Waals surface area contributed by atoms with Crippen LogP contribution in [-0.4, -0.2) is 42.3 Å². The minimum absolute atomic E-state index is 0.106. The first kappa shape index (κ1) is 18.9. The Morgan fingerprint density at radius 2 is 1.68 bits per heavy atom. The van der Waals surface area contributed by atoms with Gasteiger partial charge in [0, 0.05) is 51.0 Å². The predicted molar refractivity (Wildman–Crippen MR) is 109 cm³/mol. The van der Waals surface area contributed by atoms with Gasteiger partial charge in [-0.1, -0.05) is 60.7 Å². The molecule has 1 saturated carbocycles. The second-order valence-electron chi connectivity index (χ2n) is 8.02. The number of alkyl halides is 1. The second-order valence-corrected chi connectivity index (χ2v) is 8.02. The van der Waals surface area contributed by atoms with Crippen LogP contribution in [0.1, 0.15) is 36.3 Å². The van der Waals surface area contributed by atoms with Crippen molar-refractivity contribution in [3.05, 3.63) is 71.8 Å². The SMILES string of the molecule is O=C(NCc1ccccc1)N1CCC(F)(CN[C@@H]2C[C@H]2c2ccccc2)CC1. The Labute approximate surface area is 166 Å². The molecular weight excluding hydrogens is 353 g/mol. The third-order valence-corrected chi connectivity index (χ3v) is 5.93. The van der Waals surface area contributed by atoms with Crippen molar-refractivity contribution < 1.29 is 9.18 Å². The normalized spacial score (nSPS) is 23.2. The molecule has 0 aromatic heterocycles. The van der Waals surface area contributed by atoms with Crippen LogP contribution >= 0.6 is 0 Å². The Bertz CT molecular complexity index is 775. The van der Waals surface area contributed by atoms with Gasteiger partial charge in [-0.05, 0) is 17.5 Å². The molecule has 0 unspecified atom stereocenters. The zero-order chi connectivity index (χ0) is 19.4. The Morgan fingerprint density at radius 3 is 2.36 bits per heavy atom. The average molecular weight is 381 g/mol. The fourth-order valence-corrected chi connectivity index (χ4v) is 3.98. The van der Waals surface area contributed by atoms with E-state index in [9.17, 15) is 4.79 Å². The number of urea groups is 1. The summed E-state index contributed by atoms with van der Waals surface area (Å²) >= 11 is 0. The van der Waals surface area contributed by atoms with Crippen LogP contribution in [0, 0.1) is 0 Å². The maximum absolute atomic E-state index is 15.2. The minimum Gasteiger partial charge on any atom is -0.334 e. The Kier molecular flexibility index (Phi) is 5.62. The molecule has 2 amide bonds. The summed E-state index contributed by atoms with van der Waals surface area (Å²) in [7, 11) is 0. The molecule has 4 nitrogen and oxygen atoms in total. The number of hydrogen-bond donors (Lipinski definition) is 2. The lowest BCUT2D eigenvalue weighted by Gasteiger charge is -2.36. The lowest BCUT2D eigenvalue weighted by molar-refractivity contribution is 0.0701. The van der Waals surface area contributed by atoms with Gasteiger partial charge >= 0.3 is 6.03 Å². The Hall–Kier alpha value is -2.40. The van der Waals surface area contributed by atoms with Crippen LogP contribution in [0.5, 0.6) is 0 Å². The first-order valence-electron chi connectivity index (χ1n) is 10.2. The highest BCUT2D eigenvalue weighted by Crippen LogP contribution is 2.41. The van der Waals surface area contributed by atoms with Crippen LogP contribution in [0.3, 0.4) is 0 Å². The van der Waals surface area contributed by atoms with Crippen molar-refractivity contribution in [2.24, 2.45) is 0 Å². The monoisotopic (exact) mass is 381 g/mol. The number of amides is 2. The summed E-state index contributed by atoms with van der Waals surface area (Å²) in [6.45, 7) is 1.80. The van der Waals surface area contributed by atoms with E-state index in [2.05, 4.69) is 34.9 Å². The quantitative estimate of drug-likeness (QED) is 0.798. The smallest absolute Gasteiger partial charge is 0.317 e. The summed E-state index contributed by atoms with van der Waals surface area (Å²) in [5.41, 5.74) is 1.17. The van der Waals surface area contributed by atoms with Gasteiger partial charge in [-0.15, -0.1) is 0 Å². The molecule has 2 atom stereocenters. The molecule has 0 radical (unpaired) electrons. The van der Waals surface area contributed by atoms with Gasteiger partial charge in [0.1, 0.15) is 5.67 Å². The van der Waals surface area contributed by atoms with Gasteiger partial charge in [0.15, 0.2) is 0 Å². The number of nitrogens with one attached hydrogen (secondary N) is 2. The summed E-state index contributed by atoms with van der Waals surface area (Å²) in [4.78, 5) is 14.1. The lowest BCUT2D eigenvalue weighted by Crippen LogP contribution is -2.51. The van der Waals surface area contributed by atoms with Crippen molar-refractivity contribution in [2.75, 3.05) is 19.6 Å². The summed E-state index contributed by atoms with van der Waals surface area (Å²) in [5.74, 6) is 0.508. The standard InChI is InChI=1S/C23H28FN3O/c24-23(17-26-21-15-20(21)19-9-5-2-6-10-19)11-13-27(14-12-23)22(28)25-16-18-7-3-1-4-8-18/h1-10,20-21,26H,11-17H2,(H,25,28)/t20-,21+/m0/s1. The molecule has 2 aromatic carbocycles. The molecule has 5 heteroatoms. The summed E-state index contributed by atoms with van der Waals surface area (Å²) < 4.78 is 15.2. The molecular formula is C23H28FN3O. The van der Waals surface area contributed by atoms with Crippen LogP contribution in [0.2, 0.25) is 0 Å². The van der Waals surface area contributed by atoms with Gasteiger partial charge in [0.05, 0.1) is 0 Å². The van der Waals surface area contributed by atoms with Gasteiger partial charge in [-0.25, -0.2) is 9.18 Å².